The maximum Gasteiger partial charge on any atom is 0.257 e. The summed E-state index contributed by atoms with van der Waals surface area (Å²) in [7, 11) is 1.52. The summed E-state index contributed by atoms with van der Waals surface area (Å²) in [5.41, 5.74) is 2.86. The highest BCUT2D eigenvalue weighted by molar-refractivity contribution is 6.02. The Kier molecular flexibility index (Phi) is 15.5. The van der Waals surface area contributed by atoms with Gasteiger partial charge in [-0.1, -0.05) is 62.4 Å². The van der Waals surface area contributed by atoms with Gasteiger partial charge in [0.15, 0.2) is 18.1 Å². The molecule has 0 aromatic heterocycles. The first-order chi connectivity index (χ1) is 27.1. The van der Waals surface area contributed by atoms with Crippen LogP contribution in [0.4, 0.5) is 5.69 Å². The summed E-state index contributed by atoms with van der Waals surface area (Å²) in [4.78, 5) is 70.6. The van der Waals surface area contributed by atoms with Gasteiger partial charge in [-0.3, -0.25) is 24.0 Å². The highest BCUT2D eigenvalue weighted by Crippen LogP contribution is 2.28. The number of hydrogen-bond acceptors (Lipinski definition) is 9. The standard InChI is InChI=1S/C42H54N6O8/c1-28(2)38-42(53)44-20-9-13-30-17-18-35(54-3)36(26-30)56-27-37(49)43-19-10-15-32(40(51)46-33(41(52)47-38)25-29-11-5-4-6-12-29)45-39(50)31-14-7-8-16-34(31)48-21-23-55-24-22-48/h4-8,11-12,14,16-18,26,28,32-33,38H,9-10,13,15,19-25,27H2,1-3H3,(H,43,49)(H,44,53)(H,45,50)(H,46,51)(H,47,52)/t32-,33-,38+/m0/s1. The van der Waals surface area contributed by atoms with Gasteiger partial charge in [-0.15, -0.1) is 0 Å². The molecule has 14 nitrogen and oxygen atoms in total. The number of methoxy groups -OCH3 is 1. The highest BCUT2D eigenvalue weighted by atomic mass is 16.5. The van der Waals surface area contributed by atoms with E-state index in [4.69, 9.17) is 14.2 Å². The summed E-state index contributed by atoms with van der Waals surface area (Å²) in [5, 5.41) is 14.5. The number of ether oxygens (including phenoxy) is 3. The zero-order chi connectivity index (χ0) is 39.9. The van der Waals surface area contributed by atoms with Gasteiger partial charge in [0.2, 0.25) is 17.7 Å². The number of amides is 5. The Balaban J connectivity index is 1.41. The van der Waals surface area contributed by atoms with Crippen LogP contribution in [0.2, 0.25) is 0 Å². The van der Waals surface area contributed by atoms with Crippen molar-refractivity contribution in [2.75, 3.05) is 58.0 Å². The first-order valence-corrected chi connectivity index (χ1v) is 19.3. The van der Waals surface area contributed by atoms with Crippen LogP contribution in [0, 0.1) is 5.92 Å². The van der Waals surface area contributed by atoms with Crippen LogP contribution >= 0.6 is 0 Å². The number of anilines is 1. The second-order valence-electron chi connectivity index (χ2n) is 14.3. The molecule has 2 bridgehead atoms. The minimum atomic E-state index is -1.08. The van der Waals surface area contributed by atoms with E-state index in [1.54, 1.807) is 18.2 Å². The van der Waals surface area contributed by atoms with E-state index in [2.05, 4.69) is 31.5 Å². The molecule has 300 valence electrons. The monoisotopic (exact) mass is 770 g/mol. The van der Waals surface area contributed by atoms with Gasteiger partial charge in [0.25, 0.3) is 11.8 Å². The van der Waals surface area contributed by atoms with Crippen molar-refractivity contribution < 1.29 is 38.2 Å². The predicted octanol–water partition coefficient (Wildman–Crippen LogP) is 2.54. The minimum absolute atomic E-state index is 0.144. The van der Waals surface area contributed by atoms with Gasteiger partial charge in [0.05, 0.1) is 25.9 Å². The van der Waals surface area contributed by atoms with Crippen LogP contribution in [-0.4, -0.2) is 101 Å². The Hall–Kier alpha value is -5.63. The molecular formula is C42H54N6O8. The van der Waals surface area contributed by atoms with Crippen molar-refractivity contribution in [1.82, 2.24) is 26.6 Å². The van der Waals surface area contributed by atoms with Crippen molar-refractivity contribution in [3.05, 3.63) is 89.5 Å². The summed E-state index contributed by atoms with van der Waals surface area (Å²) in [6, 6.07) is 18.9. The molecule has 1 fully saturated rings. The van der Waals surface area contributed by atoms with Gasteiger partial charge in [-0.2, -0.15) is 0 Å². The molecule has 0 unspecified atom stereocenters. The third kappa shape index (κ3) is 11.9. The van der Waals surface area contributed by atoms with Crippen molar-refractivity contribution in [3.63, 3.8) is 0 Å². The fourth-order valence-electron chi connectivity index (χ4n) is 6.70. The molecule has 3 atom stereocenters. The Morgan fingerprint density at radius 3 is 2.36 bits per heavy atom. The lowest BCUT2D eigenvalue weighted by atomic mass is 10.00. The summed E-state index contributed by atoms with van der Waals surface area (Å²) < 4.78 is 16.8. The molecule has 5 rings (SSSR count). The van der Waals surface area contributed by atoms with Crippen molar-refractivity contribution in [3.8, 4) is 11.5 Å². The molecule has 14 heteroatoms. The van der Waals surface area contributed by atoms with Crippen LogP contribution in [0.5, 0.6) is 11.5 Å². The van der Waals surface area contributed by atoms with Crippen molar-refractivity contribution in [2.45, 2.75) is 64.1 Å². The van der Waals surface area contributed by atoms with E-state index in [9.17, 15) is 24.0 Å². The number of aryl methyl sites for hydroxylation is 1. The third-order valence-corrected chi connectivity index (χ3v) is 9.80. The zero-order valence-electron chi connectivity index (χ0n) is 32.4. The van der Waals surface area contributed by atoms with E-state index in [0.717, 1.165) is 16.8 Å². The first kappa shape index (κ1) is 41.5. The lowest BCUT2D eigenvalue weighted by Crippen LogP contribution is -2.58. The van der Waals surface area contributed by atoms with Crippen molar-refractivity contribution in [2.24, 2.45) is 5.92 Å². The maximum absolute atomic E-state index is 14.2. The molecule has 3 aromatic rings. The third-order valence-electron chi connectivity index (χ3n) is 9.80. The van der Waals surface area contributed by atoms with Gasteiger partial charge >= 0.3 is 0 Å². The molecule has 56 heavy (non-hydrogen) atoms. The average Bonchev–Trinajstić information content (AvgIpc) is 3.21. The molecule has 5 N–H and O–H groups in total. The van der Waals surface area contributed by atoms with E-state index >= 15 is 0 Å². The van der Waals surface area contributed by atoms with Gasteiger partial charge < -0.3 is 45.7 Å². The number of benzene rings is 3. The van der Waals surface area contributed by atoms with E-state index < -0.39 is 35.8 Å². The lowest BCUT2D eigenvalue weighted by Gasteiger charge is -2.30. The van der Waals surface area contributed by atoms with E-state index in [1.807, 2.05) is 68.4 Å². The minimum Gasteiger partial charge on any atom is -0.493 e. The number of nitrogens with zero attached hydrogens (tertiary/aromatic N) is 1. The van der Waals surface area contributed by atoms with Gasteiger partial charge in [0.1, 0.15) is 18.1 Å². The van der Waals surface area contributed by atoms with Crippen LogP contribution in [0.1, 0.15) is 54.6 Å². The molecule has 0 spiro atoms. The molecule has 2 aliphatic rings. The number of para-hydroxylation sites is 1. The second kappa shape index (κ2) is 20.9. The Labute approximate surface area is 328 Å². The number of carbonyl (C=O) groups excluding carboxylic acids is 5. The molecule has 2 aliphatic heterocycles. The Morgan fingerprint density at radius 2 is 1.61 bits per heavy atom. The Morgan fingerprint density at radius 1 is 0.875 bits per heavy atom. The largest absolute Gasteiger partial charge is 0.493 e. The smallest absolute Gasteiger partial charge is 0.257 e. The molecule has 1 saturated heterocycles. The van der Waals surface area contributed by atoms with Crippen LogP contribution in [0.15, 0.2) is 72.8 Å². The number of morpholine rings is 1. The quantitative estimate of drug-likeness (QED) is 0.242. The maximum atomic E-state index is 14.2. The van der Waals surface area contributed by atoms with Gasteiger partial charge in [-0.05, 0) is 67.0 Å². The topological polar surface area (TPSA) is 176 Å². The second-order valence-corrected chi connectivity index (χ2v) is 14.3. The summed E-state index contributed by atoms with van der Waals surface area (Å²) in [6.45, 7) is 6.26. The van der Waals surface area contributed by atoms with Crippen molar-refractivity contribution >= 4 is 35.2 Å². The summed E-state index contributed by atoms with van der Waals surface area (Å²) in [6.07, 6.45) is 1.83. The van der Waals surface area contributed by atoms with Gasteiger partial charge in [0, 0.05) is 38.3 Å². The number of hydrogen-bond donors (Lipinski definition) is 5. The molecule has 3 aromatic carbocycles. The van der Waals surface area contributed by atoms with Crippen LogP contribution in [0.25, 0.3) is 0 Å². The summed E-state index contributed by atoms with van der Waals surface area (Å²) in [5.74, 6) is -1.64. The number of nitrogens with one attached hydrogen (secondary N) is 5. The number of carbonyl (C=O) groups is 5. The van der Waals surface area contributed by atoms with Crippen LogP contribution in [-0.2, 0) is 36.8 Å². The van der Waals surface area contributed by atoms with Gasteiger partial charge in [-0.25, -0.2) is 0 Å². The number of rotatable bonds is 7. The van der Waals surface area contributed by atoms with Crippen molar-refractivity contribution in [1.29, 1.82) is 0 Å². The molecule has 5 amide bonds. The highest BCUT2D eigenvalue weighted by Gasteiger charge is 2.32. The average molecular weight is 771 g/mol. The Bertz CT molecular complexity index is 1800. The molecular weight excluding hydrogens is 716 g/mol. The molecule has 0 radical (unpaired) electrons. The first-order valence-electron chi connectivity index (χ1n) is 19.3. The molecule has 2 heterocycles. The fraction of sp³-hybridized carbons (Fsp3) is 0.452. The normalized spacial score (nSPS) is 20.9. The zero-order valence-corrected chi connectivity index (χ0v) is 32.4. The summed E-state index contributed by atoms with van der Waals surface area (Å²) >= 11 is 0. The SMILES string of the molecule is COc1ccc2cc1OCC(=O)NCCC[C@H](NC(=O)c1ccccc1N1CCOCC1)C(=O)N[C@@H](Cc1ccccc1)C(=O)N[C@H](C(C)C)C(=O)NCCC2. The molecule has 0 saturated carbocycles. The predicted molar refractivity (Wildman–Crippen MR) is 212 cm³/mol. The van der Waals surface area contributed by atoms with E-state index in [1.165, 1.54) is 7.11 Å². The van der Waals surface area contributed by atoms with Crippen LogP contribution in [0.3, 0.4) is 0 Å². The van der Waals surface area contributed by atoms with E-state index in [-0.39, 0.29) is 43.7 Å². The number of fused-ring (bicyclic) bond motifs is 2. The van der Waals surface area contributed by atoms with E-state index in [0.29, 0.717) is 69.2 Å². The molecule has 0 aliphatic carbocycles. The van der Waals surface area contributed by atoms with Crippen LogP contribution < -0.4 is 41.0 Å². The fourth-order valence-corrected chi connectivity index (χ4v) is 6.70. The lowest BCUT2D eigenvalue weighted by molar-refractivity contribution is -0.133.